The number of carbonyl (C=O) groups excluding carboxylic acids is 2. The van der Waals surface area contributed by atoms with E-state index in [2.05, 4.69) is 6.58 Å². The number of cyclic esters (lactones) is 1. The minimum Gasteiger partial charge on any atom is -0.447 e. The van der Waals surface area contributed by atoms with Gasteiger partial charge in [0.05, 0.1) is 25.7 Å². The van der Waals surface area contributed by atoms with Crippen LogP contribution in [-0.2, 0) is 20.7 Å². The molecule has 5 nitrogen and oxygen atoms in total. The first-order valence-electron chi connectivity index (χ1n) is 9.49. The third kappa shape index (κ3) is 8.35. The second kappa shape index (κ2) is 13.5. The SMILES string of the molecule is C/C=C\C.C=C/C=C(\C)COCCC(=O)N1C(=O)OC[C@@H]1Cc1ccccc1. The molecule has 0 N–H and O–H groups in total. The van der Waals surface area contributed by atoms with E-state index < -0.39 is 6.09 Å². The number of nitrogens with zero attached hydrogens (tertiary/aromatic N) is 1. The van der Waals surface area contributed by atoms with Crippen molar-refractivity contribution in [1.82, 2.24) is 4.90 Å². The Kier molecular flexibility index (Phi) is 11.3. The van der Waals surface area contributed by atoms with E-state index in [1.165, 1.54) is 4.90 Å². The molecule has 0 bridgehead atoms. The van der Waals surface area contributed by atoms with E-state index in [9.17, 15) is 9.59 Å². The zero-order valence-corrected chi connectivity index (χ0v) is 17.1. The highest BCUT2D eigenvalue weighted by Gasteiger charge is 2.37. The molecule has 28 heavy (non-hydrogen) atoms. The van der Waals surface area contributed by atoms with Crippen molar-refractivity contribution in [2.45, 2.75) is 39.7 Å². The number of ether oxygens (including phenoxy) is 2. The fourth-order valence-corrected chi connectivity index (χ4v) is 2.56. The third-order valence-electron chi connectivity index (χ3n) is 4.07. The van der Waals surface area contributed by atoms with Gasteiger partial charge in [0.1, 0.15) is 6.61 Å². The van der Waals surface area contributed by atoms with Gasteiger partial charge in [0, 0.05) is 0 Å². The molecule has 1 aromatic carbocycles. The van der Waals surface area contributed by atoms with Gasteiger partial charge in [0.25, 0.3) is 0 Å². The van der Waals surface area contributed by atoms with Crippen molar-refractivity contribution in [2.75, 3.05) is 19.8 Å². The lowest BCUT2D eigenvalue weighted by Crippen LogP contribution is -2.40. The molecular formula is C23H31NO4. The van der Waals surface area contributed by atoms with Crippen LogP contribution in [0.3, 0.4) is 0 Å². The standard InChI is InChI=1S/C19H23NO4.C4H8/c1-3-7-15(2)13-23-11-10-18(21)20-17(14-24-19(20)22)12-16-8-5-4-6-9-16;1-3-4-2/h3-9,17H,1,10-14H2,2H3;3-4H,1-2H3/b15-7+;4-3-/t17-;/m0./s1. The van der Waals surface area contributed by atoms with Gasteiger partial charge in [0.15, 0.2) is 0 Å². The van der Waals surface area contributed by atoms with E-state index in [1.807, 2.05) is 69.3 Å². The molecule has 1 atom stereocenters. The topological polar surface area (TPSA) is 55.8 Å². The van der Waals surface area contributed by atoms with Crippen molar-refractivity contribution in [3.05, 3.63) is 72.4 Å². The number of amides is 2. The molecule has 0 saturated carbocycles. The van der Waals surface area contributed by atoms with Gasteiger partial charge in [-0.2, -0.15) is 0 Å². The molecule has 0 unspecified atom stereocenters. The summed E-state index contributed by atoms with van der Waals surface area (Å²) in [6.07, 6.45) is 7.74. The average Bonchev–Trinajstić information content (AvgIpc) is 3.06. The smallest absolute Gasteiger partial charge is 0.416 e. The molecule has 1 heterocycles. The number of rotatable bonds is 8. The van der Waals surface area contributed by atoms with E-state index >= 15 is 0 Å². The molecule has 152 valence electrons. The first kappa shape index (κ1) is 23.4. The van der Waals surface area contributed by atoms with Gasteiger partial charge < -0.3 is 9.47 Å². The molecule has 0 aliphatic carbocycles. The van der Waals surface area contributed by atoms with Gasteiger partial charge in [0.2, 0.25) is 5.91 Å². The molecule has 1 aliphatic heterocycles. The monoisotopic (exact) mass is 385 g/mol. The summed E-state index contributed by atoms with van der Waals surface area (Å²) in [7, 11) is 0. The Hall–Kier alpha value is -2.66. The van der Waals surface area contributed by atoms with Crippen molar-refractivity contribution in [3.8, 4) is 0 Å². The fraction of sp³-hybridized carbons (Fsp3) is 0.391. The summed E-state index contributed by atoms with van der Waals surface area (Å²) in [6, 6.07) is 9.50. The molecule has 5 heteroatoms. The summed E-state index contributed by atoms with van der Waals surface area (Å²) in [5.74, 6) is -0.260. The minimum absolute atomic E-state index is 0.155. The Bertz CT molecular complexity index is 675. The highest BCUT2D eigenvalue weighted by molar-refractivity contribution is 5.93. The Morgan fingerprint density at radius 2 is 1.96 bits per heavy atom. The van der Waals surface area contributed by atoms with Gasteiger partial charge in [-0.15, -0.1) is 0 Å². The van der Waals surface area contributed by atoms with Gasteiger partial charge in [-0.3, -0.25) is 4.79 Å². The maximum Gasteiger partial charge on any atom is 0.416 e. The summed E-state index contributed by atoms with van der Waals surface area (Å²) >= 11 is 0. The molecule has 2 amide bonds. The average molecular weight is 386 g/mol. The van der Waals surface area contributed by atoms with Crippen LogP contribution < -0.4 is 0 Å². The van der Waals surface area contributed by atoms with Crippen LogP contribution in [0.5, 0.6) is 0 Å². The zero-order valence-electron chi connectivity index (χ0n) is 17.1. The Morgan fingerprint density at radius 1 is 1.29 bits per heavy atom. The van der Waals surface area contributed by atoms with Crippen LogP contribution in [0.25, 0.3) is 0 Å². The molecule has 0 radical (unpaired) electrons. The molecule has 0 spiro atoms. The first-order valence-corrected chi connectivity index (χ1v) is 9.49. The fourth-order valence-electron chi connectivity index (χ4n) is 2.56. The highest BCUT2D eigenvalue weighted by Crippen LogP contribution is 2.18. The zero-order chi connectivity index (χ0) is 20.8. The molecule has 1 saturated heterocycles. The maximum atomic E-state index is 12.3. The van der Waals surface area contributed by atoms with Gasteiger partial charge in [-0.05, 0) is 38.3 Å². The van der Waals surface area contributed by atoms with Gasteiger partial charge in [-0.25, -0.2) is 9.69 Å². The van der Waals surface area contributed by atoms with E-state index in [4.69, 9.17) is 9.47 Å². The van der Waals surface area contributed by atoms with E-state index in [1.54, 1.807) is 6.08 Å². The van der Waals surface area contributed by atoms with Crippen molar-refractivity contribution in [1.29, 1.82) is 0 Å². The van der Waals surface area contributed by atoms with E-state index in [0.717, 1.165) is 11.1 Å². The van der Waals surface area contributed by atoms with Crippen molar-refractivity contribution < 1.29 is 19.1 Å². The van der Waals surface area contributed by atoms with Crippen LogP contribution in [0.1, 0.15) is 32.8 Å². The summed E-state index contributed by atoms with van der Waals surface area (Å²) < 4.78 is 10.5. The predicted octanol–water partition coefficient (Wildman–Crippen LogP) is 4.70. The molecule has 1 fully saturated rings. The molecular weight excluding hydrogens is 354 g/mol. The van der Waals surface area contributed by atoms with Gasteiger partial charge in [-0.1, -0.05) is 61.2 Å². The molecule has 1 aliphatic rings. The number of hydrogen-bond donors (Lipinski definition) is 0. The summed E-state index contributed by atoms with van der Waals surface area (Å²) in [4.78, 5) is 25.4. The third-order valence-corrected chi connectivity index (χ3v) is 4.07. The lowest BCUT2D eigenvalue weighted by molar-refractivity contribution is -0.130. The Labute approximate surface area is 168 Å². The van der Waals surface area contributed by atoms with E-state index in [0.29, 0.717) is 13.0 Å². The maximum absolute atomic E-state index is 12.3. The van der Waals surface area contributed by atoms with Crippen LogP contribution in [-0.4, -0.2) is 42.8 Å². The quantitative estimate of drug-likeness (QED) is 0.370. The first-order chi connectivity index (χ1) is 13.5. The summed E-state index contributed by atoms with van der Waals surface area (Å²) in [6.45, 7) is 10.5. The van der Waals surface area contributed by atoms with Crippen LogP contribution in [0.2, 0.25) is 0 Å². The molecule has 0 aromatic heterocycles. The second-order valence-corrected chi connectivity index (χ2v) is 6.40. The summed E-state index contributed by atoms with van der Waals surface area (Å²) in [5, 5.41) is 0. The lowest BCUT2D eigenvalue weighted by atomic mass is 10.1. The minimum atomic E-state index is -0.566. The van der Waals surface area contributed by atoms with E-state index in [-0.39, 0.29) is 31.6 Å². The van der Waals surface area contributed by atoms with Crippen LogP contribution in [0, 0.1) is 0 Å². The Morgan fingerprint density at radius 3 is 2.57 bits per heavy atom. The number of allylic oxidation sites excluding steroid dienone is 4. The predicted molar refractivity (Wildman–Crippen MR) is 112 cm³/mol. The molecule has 2 rings (SSSR count). The Balaban J connectivity index is 0.000000892. The van der Waals surface area contributed by atoms with Crippen molar-refractivity contribution in [2.24, 2.45) is 0 Å². The normalized spacial score (nSPS) is 16.5. The van der Waals surface area contributed by atoms with Crippen molar-refractivity contribution in [3.63, 3.8) is 0 Å². The second-order valence-electron chi connectivity index (χ2n) is 6.40. The van der Waals surface area contributed by atoms with Crippen LogP contribution in [0.4, 0.5) is 4.79 Å². The van der Waals surface area contributed by atoms with Crippen LogP contribution >= 0.6 is 0 Å². The molecule has 1 aromatic rings. The number of benzene rings is 1. The number of carbonyl (C=O) groups is 2. The largest absolute Gasteiger partial charge is 0.447 e. The highest BCUT2D eigenvalue weighted by atomic mass is 16.6. The van der Waals surface area contributed by atoms with Gasteiger partial charge >= 0.3 is 6.09 Å². The van der Waals surface area contributed by atoms with Crippen molar-refractivity contribution >= 4 is 12.0 Å². The summed E-state index contributed by atoms with van der Waals surface area (Å²) in [5.41, 5.74) is 2.10. The lowest BCUT2D eigenvalue weighted by Gasteiger charge is -2.19. The number of imide groups is 1. The number of hydrogen-bond acceptors (Lipinski definition) is 4. The van der Waals surface area contributed by atoms with Crippen LogP contribution in [0.15, 0.2) is 66.8 Å².